The summed E-state index contributed by atoms with van der Waals surface area (Å²) in [6.07, 6.45) is 2.30. The smallest absolute Gasteiger partial charge is 0.306 e. The average Bonchev–Trinajstić information content (AvgIpc) is 2.93. The van der Waals surface area contributed by atoms with Crippen molar-refractivity contribution in [1.29, 1.82) is 0 Å². The SMILES string of the molecule is Cc1ccc2[nH]c(C3CCC(C(=O)O)C3)nc2n1. The van der Waals surface area contributed by atoms with Crippen LogP contribution in [0.4, 0.5) is 0 Å². The van der Waals surface area contributed by atoms with Crippen LogP contribution in [0.2, 0.25) is 0 Å². The van der Waals surface area contributed by atoms with Crippen molar-refractivity contribution in [2.24, 2.45) is 5.92 Å². The van der Waals surface area contributed by atoms with Crippen molar-refractivity contribution in [3.63, 3.8) is 0 Å². The van der Waals surface area contributed by atoms with Crippen LogP contribution in [0.5, 0.6) is 0 Å². The molecule has 0 bridgehead atoms. The van der Waals surface area contributed by atoms with Crippen molar-refractivity contribution < 1.29 is 9.90 Å². The number of H-pyrrole nitrogens is 1. The minimum atomic E-state index is -0.692. The Kier molecular flexibility index (Phi) is 2.54. The van der Waals surface area contributed by atoms with Crippen LogP contribution >= 0.6 is 0 Å². The second kappa shape index (κ2) is 4.08. The number of nitrogens with one attached hydrogen (secondary N) is 1. The van der Waals surface area contributed by atoms with E-state index < -0.39 is 5.97 Å². The highest BCUT2D eigenvalue weighted by Crippen LogP contribution is 2.37. The summed E-state index contributed by atoms with van der Waals surface area (Å²) < 4.78 is 0. The molecular formula is C13H15N3O2. The fourth-order valence-corrected chi connectivity index (χ4v) is 2.65. The van der Waals surface area contributed by atoms with Crippen molar-refractivity contribution in [3.8, 4) is 0 Å². The summed E-state index contributed by atoms with van der Waals surface area (Å²) in [5.41, 5.74) is 2.59. The standard InChI is InChI=1S/C13H15N3O2/c1-7-2-5-10-12(14-7)16-11(15-10)8-3-4-9(6-8)13(17)18/h2,5,8-9H,3-4,6H2,1H3,(H,17,18)(H,14,15,16). The van der Waals surface area contributed by atoms with Crippen LogP contribution in [0, 0.1) is 12.8 Å². The molecule has 3 rings (SSSR count). The van der Waals surface area contributed by atoms with Gasteiger partial charge in [-0.25, -0.2) is 9.97 Å². The molecule has 2 unspecified atom stereocenters. The molecular weight excluding hydrogens is 230 g/mol. The molecule has 1 saturated carbocycles. The van der Waals surface area contributed by atoms with E-state index in [-0.39, 0.29) is 11.8 Å². The number of fused-ring (bicyclic) bond motifs is 1. The lowest BCUT2D eigenvalue weighted by Gasteiger charge is -2.04. The summed E-state index contributed by atoms with van der Waals surface area (Å²) in [4.78, 5) is 23.1. The Morgan fingerprint density at radius 2 is 2.22 bits per heavy atom. The zero-order valence-corrected chi connectivity index (χ0v) is 10.2. The molecule has 0 aromatic carbocycles. The number of aromatic amines is 1. The van der Waals surface area contributed by atoms with Gasteiger partial charge in [-0.3, -0.25) is 4.79 Å². The van der Waals surface area contributed by atoms with Gasteiger partial charge in [-0.1, -0.05) is 0 Å². The minimum Gasteiger partial charge on any atom is -0.481 e. The normalized spacial score (nSPS) is 23.6. The van der Waals surface area contributed by atoms with Crippen LogP contribution in [0.3, 0.4) is 0 Å². The van der Waals surface area contributed by atoms with Gasteiger partial charge >= 0.3 is 5.97 Å². The number of carboxylic acid groups (broad SMARTS) is 1. The Balaban J connectivity index is 1.89. The van der Waals surface area contributed by atoms with Gasteiger partial charge in [0.1, 0.15) is 5.82 Å². The number of nitrogens with zero attached hydrogens (tertiary/aromatic N) is 2. The Morgan fingerprint density at radius 3 is 2.94 bits per heavy atom. The second-order valence-electron chi connectivity index (χ2n) is 4.99. The topological polar surface area (TPSA) is 78.9 Å². The Labute approximate surface area is 104 Å². The second-order valence-corrected chi connectivity index (χ2v) is 4.99. The molecule has 0 aliphatic heterocycles. The molecule has 2 atom stereocenters. The molecule has 2 heterocycles. The largest absolute Gasteiger partial charge is 0.481 e. The van der Waals surface area contributed by atoms with E-state index >= 15 is 0 Å². The first kappa shape index (κ1) is 11.2. The minimum absolute atomic E-state index is 0.223. The first-order valence-corrected chi connectivity index (χ1v) is 6.19. The van der Waals surface area contributed by atoms with E-state index in [1.54, 1.807) is 0 Å². The van der Waals surface area contributed by atoms with Crippen LogP contribution in [-0.4, -0.2) is 26.0 Å². The Morgan fingerprint density at radius 1 is 1.39 bits per heavy atom. The summed E-state index contributed by atoms with van der Waals surface area (Å²) in [5, 5.41) is 9.01. The maximum atomic E-state index is 11.0. The van der Waals surface area contributed by atoms with Crippen LogP contribution in [0.15, 0.2) is 12.1 Å². The van der Waals surface area contributed by atoms with Gasteiger partial charge in [-0.15, -0.1) is 0 Å². The van der Waals surface area contributed by atoms with Gasteiger partial charge in [0.05, 0.1) is 11.4 Å². The van der Waals surface area contributed by atoms with E-state index in [1.807, 2.05) is 19.1 Å². The maximum absolute atomic E-state index is 11.0. The molecule has 5 nitrogen and oxygen atoms in total. The zero-order chi connectivity index (χ0) is 12.7. The fourth-order valence-electron chi connectivity index (χ4n) is 2.65. The average molecular weight is 245 g/mol. The molecule has 0 radical (unpaired) electrons. The number of hydrogen-bond acceptors (Lipinski definition) is 3. The highest BCUT2D eigenvalue weighted by atomic mass is 16.4. The summed E-state index contributed by atoms with van der Waals surface area (Å²) in [5.74, 6) is 0.188. The van der Waals surface area contributed by atoms with E-state index in [9.17, 15) is 4.79 Å². The molecule has 0 spiro atoms. The first-order valence-electron chi connectivity index (χ1n) is 6.19. The van der Waals surface area contributed by atoms with Gasteiger partial charge in [0, 0.05) is 11.6 Å². The number of rotatable bonds is 2. The number of imidazole rings is 1. The lowest BCUT2D eigenvalue weighted by Crippen LogP contribution is -2.09. The third-order valence-electron chi connectivity index (χ3n) is 3.67. The van der Waals surface area contributed by atoms with E-state index in [0.29, 0.717) is 6.42 Å². The first-order chi connectivity index (χ1) is 8.63. The number of aliphatic carboxylic acids is 1. The Hall–Kier alpha value is -1.91. The van der Waals surface area contributed by atoms with E-state index in [2.05, 4.69) is 15.0 Å². The molecule has 2 aromatic rings. The number of hydrogen-bond donors (Lipinski definition) is 2. The van der Waals surface area contributed by atoms with Crippen molar-refractivity contribution in [2.75, 3.05) is 0 Å². The van der Waals surface area contributed by atoms with E-state index in [1.165, 1.54) is 0 Å². The van der Waals surface area contributed by atoms with Crippen molar-refractivity contribution in [3.05, 3.63) is 23.7 Å². The van der Waals surface area contributed by atoms with Crippen LogP contribution < -0.4 is 0 Å². The number of carboxylic acids is 1. The molecule has 1 fully saturated rings. The lowest BCUT2D eigenvalue weighted by atomic mass is 10.0. The van der Waals surface area contributed by atoms with Crippen LogP contribution in [-0.2, 0) is 4.79 Å². The third kappa shape index (κ3) is 1.85. The van der Waals surface area contributed by atoms with Gasteiger partial charge in [0.25, 0.3) is 0 Å². The van der Waals surface area contributed by atoms with Crippen LogP contribution in [0.1, 0.15) is 36.7 Å². The molecule has 1 aliphatic rings. The Bertz CT molecular complexity index is 605. The van der Waals surface area contributed by atoms with Crippen molar-refractivity contribution in [2.45, 2.75) is 32.1 Å². The molecule has 0 amide bonds. The lowest BCUT2D eigenvalue weighted by molar-refractivity contribution is -0.141. The maximum Gasteiger partial charge on any atom is 0.306 e. The molecule has 1 aliphatic carbocycles. The van der Waals surface area contributed by atoms with E-state index in [4.69, 9.17) is 5.11 Å². The summed E-state index contributed by atoms with van der Waals surface area (Å²) in [7, 11) is 0. The van der Waals surface area contributed by atoms with Gasteiger partial charge in [-0.05, 0) is 38.3 Å². The fraction of sp³-hybridized carbons (Fsp3) is 0.462. The molecule has 2 N–H and O–H groups in total. The monoisotopic (exact) mass is 245 g/mol. The molecule has 0 saturated heterocycles. The zero-order valence-electron chi connectivity index (χ0n) is 10.2. The quantitative estimate of drug-likeness (QED) is 0.850. The highest BCUT2D eigenvalue weighted by molar-refractivity contribution is 5.72. The van der Waals surface area contributed by atoms with Gasteiger partial charge < -0.3 is 10.1 Å². The predicted octanol–water partition coefficient (Wildman–Crippen LogP) is 2.23. The number of carbonyl (C=O) groups is 1. The number of aromatic nitrogens is 3. The highest BCUT2D eigenvalue weighted by Gasteiger charge is 2.32. The van der Waals surface area contributed by atoms with Gasteiger partial charge in [0.15, 0.2) is 5.65 Å². The third-order valence-corrected chi connectivity index (χ3v) is 3.67. The molecule has 2 aromatic heterocycles. The molecule has 5 heteroatoms. The van der Waals surface area contributed by atoms with Crippen LogP contribution in [0.25, 0.3) is 11.2 Å². The molecule has 94 valence electrons. The van der Waals surface area contributed by atoms with Gasteiger partial charge in [0.2, 0.25) is 0 Å². The summed E-state index contributed by atoms with van der Waals surface area (Å²) >= 11 is 0. The van der Waals surface area contributed by atoms with Gasteiger partial charge in [-0.2, -0.15) is 0 Å². The molecule has 18 heavy (non-hydrogen) atoms. The summed E-state index contributed by atoms with van der Waals surface area (Å²) in [6.45, 7) is 1.93. The predicted molar refractivity (Wildman–Crippen MR) is 66.3 cm³/mol. The number of pyridine rings is 1. The number of aryl methyl sites for hydroxylation is 1. The van der Waals surface area contributed by atoms with Crippen molar-refractivity contribution in [1.82, 2.24) is 15.0 Å². The van der Waals surface area contributed by atoms with Crippen molar-refractivity contribution >= 4 is 17.1 Å². The van der Waals surface area contributed by atoms with E-state index in [0.717, 1.165) is 35.5 Å². The summed E-state index contributed by atoms with van der Waals surface area (Å²) in [6, 6.07) is 3.91.